The Labute approximate surface area is 168 Å². The zero-order valence-corrected chi connectivity index (χ0v) is 16.5. The first kappa shape index (κ1) is 20.0. The lowest BCUT2D eigenvalue weighted by Gasteiger charge is -2.15. The standard InChI is InChI=1S/C20H23N7O2/c1-12(13-7-5-4-6-8-13)23-20(28)25-16-11-15-17(19(29-3)27-26-15)18(24-16)14(21)9-10-22-2/h4-8,10-12,21H,9H2,1-3H3,(H,26,27)(H2,23,24,25,28). The molecule has 0 saturated carbocycles. The molecule has 2 amide bonds. The molecular formula is C20H23N7O2. The van der Waals surface area contributed by atoms with Crippen molar-refractivity contribution in [2.45, 2.75) is 19.4 Å². The minimum Gasteiger partial charge on any atom is -0.479 e. The topological polar surface area (TPSA) is 128 Å². The van der Waals surface area contributed by atoms with Gasteiger partial charge in [0.05, 0.1) is 29.8 Å². The first-order valence-corrected chi connectivity index (χ1v) is 9.07. The van der Waals surface area contributed by atoms with Crippen LogP contribution in [0, 0.1) is 5.41 Å². The SMILES string of the molecule is CN=CCC(=N)c1nc(NC(=O)NC(C)c2ccccc2)cc2[nH]nc(OC)c12. The van der Waals surface area contributed by atoms with Crippen molar-refractivity contribution in [1.29, 1.82) is 5.41 Å². The molecule has 0 radical (unpaired) electrons. The first-order chi connectivity index (χ1) is 14.0. The van der Waals surface area contributed by atoms with Gasteiger partial charge in [0.2, 0.25) is 5.88 Å². The molecule has 9 nitrogen and oxygen atoms in total. The molecule has 3 rings (SSSR count). The molecule has 0 aliphatic heterocycles. The van der Waals surface area contributed by atoms with E-state index in [9.17, 15) is 4.79 Å². The average Bonchev–Trinajstić information content (AvgIpc) is 3.14. The lowest BCUT2D eigenvalue weighted by atomic mass is 10.1. The number of pyridine rings is 1. The number of H-pyrrole nitrogens is 1. The number of nitrogens with one attached hydrogen (secondary N) is 4. The van der Waals surface area contributed by atoms with Gasteiger partial charge in [0.25, 0.3) is 0 Å². The van der Waals surface area contributed by atoms with Crippen molar-refractivity contribution < 1.29 is 9.53 Å². The Morgan fingerprint density at radius 2 is 2.14 bits per heavy atom. The van der Waals surface area contributed by atoms with Gasteiger partial charge in [-0.1, -0.05) is 30.3 Å². The van der Waals surface area contributed by atoms with Gasteiger partial charge in [-0.05, 0) is 12.5 Å². The van der Waals surface area contributed by atoms with E-state index < -0.39 is 6.03 Å². The number of benzene rings is 1. The fraction of sp³-hybridized carbons (Fsp3) is 0.250. The number of aromatic nitrogens is 3. The van der Waals surface area contributed by atoms with Crippen LogP contribution in [-0.2, 0) is 0 Å². The maximum absolute atomic E-state index is 12.5. The number of carbonyl (C=O) groups is 1. The van der Waals surface area contributed by atoms with Crippen molar-refractivity contribution in [3.63, 3.8) is 0 Å². The van der Waals surface area contributed by atoms with Crippen molar-refractivity contribution in [2.75, 3.05) is 19.5 Å². The van der Waals surface area contributed by atoms with E-state index in [0.717, 1.165) is 5.56 Å². The number of amides is 2. The second kappa shape index (κ2) is 8.96. The Kier molecular flexibility index (Phi) is 6.18. The molecule has 29 heavy (non-hydrogen) atoms. The molecule has 2 heterocycles. The van der Waals surface area contributed by atoms with E-state index in [1.54, 1.807) is 19.3 Å². The van der Waals surface area contributed by atoms with E-state index in [-0.39, 0.29) is 11.8 Å². The molecule has 150 valence electrons. The van der Waals surface area contributed by atoms with E-state index >= 15 is 0 Å². The van der Waals surface area contributed by atoms with Crippen LogP contribution in [0.5, 0.6) is 5.88 Å². The summed E-state index contributed by atoms with van der Waals surface area (Å²) in [6, 6.07) is 10.7. The molecule has 0 aliphatic carbocycles. The van der Waals surface area contributed by atoms with Crippen LogP contribution in [0.15, 0.2) is 41.4 Å². The molecule has 1 atom stereocenters. The van der Waals surface area contributed by atoms with Crippen LogP contribution in [0.2, 0.25) is 0 Å². The smallest absolute Gasteiger partial charge is 0.320 e. The van der Waals surface area contributed by atoms with Gasteiger partial charge in [-0.15, -0.1) is 5.10 Å². The number of urea groups is 1. The van der Waals surface area contributed by atoms with E-state index in [2.05, 4.69) is 30.8 Å². The molecule has 4 N–H and O–H groups in total. The highest BCUT2D eigenvalue weighted by atomic mass is 16.5. The van der Waals surface area contributed by atoms with Gasteiger partial charge in [0.15, 0.2) is 0 Å². The van der Waals surface area contributed by atoms with Gasteiger partial charge in [-0.3, -0.25) is 10.4 Å². The number of hydrogen-bond donors (Lipinski definition) is 4. The van der Waals surface area contributed by atoms with Crippen molar-refractivity contribution in [3.05, 3.63) is 47.7 Å². The predicted molar refractivity (Wildman–Crippen MR) is 113 cm³/mol. The second-order valence-electron chi connectivity index (χ2n) is 6.37. The van der Waals surface area contributed by atoms with Gasteiger partial charge in [0.1, 0.15) is 11.5 Å². The second-order valence-corrected chi connectivity index (χ2v) is 6.37. The third-order valence-corrected chi connectivity index (χ3v) is 4.36. The molecule has 0 spiro atoms. The van der Waals surface area contributed by atoms with Crippen LogP contribution in [0.25, 0.3) is 10.9 Å². The molecule has 0 saturated heterocycles. The van der Waals surface area contributed by atoms with Crippen LogP contribution in [-0.4, -0.2) is 47.3 Å². The summed E-state index contributed by atoms with van der Waals surface area (Å²) in [5, 5.41) is 21.5. The summed E-state index contributed by atoms with van der Waals surface area (Å²) in [5.41, 5.74) is 2.21. The maximum Gasteiger partial charge on any atom is 0.320 e. The quantitative estimate of drug-likeness (QED) is 0.459. The first-order valence-electron chi connectivity index (χ1n) is 9.07. The molecule has 0 fully saturated rings. The summed E-state index contributed by atoms with van der Waals surface area (Å²) in [6.45, 7) is 1.90. The van der Waals surface area contributed by atoms with Gasteiger partial charge in [0, 0.05) is 25.7 Å². The number of methoxy groups -OCH3 is 1. The number of carbonyl (C=O) groups excluding carboxylic acids is 1. The van der Waals surface area contributed by atoms with Gasteiger partial charge in [-0.2, -0.15) is 0 Å². The van der Waals surface area contributed by atoms with Gasteiger partial charge < -0.3 is 20.5 Å². The van der Waals surface area contributed by atoms with E-state index in [1.807, 2.05) is 37.3 Å². The van der Waals surface area contributed by atoms with Gasteiger partial charge >= 0.3 is 6.03 Å². The fourth-order valence-electron chi connectivity index (χ4n) is 2.90. The molecule has 0 bridgehead atoms. The summed E-state index contributed by atoms with van der Waals surface area (Å²) in [7, 11) is 3.14. The number of aromatic amines is 1. The third kappa shape index (κ3) is 4.57. The molecule has 1 aromatic carbocycles. The maximum atomic E-state index is 12.5. The van der Waals surface area contributed by atoms with Crippen LogP contribution < -0.4 is 15.4 Å². The van der Waals surface area contributed by atoms with Crippen LogP contribution in [0.3, 0.4) is 0 Å². The van der Waals surface area contributed by atoms with Crippen molar-refractivity contribution in [2.24, 2.45) is 4.99 Å². The van der Waals surface area contributed by atoms with Crippen LogP contribution in [0.4, 0.5) is 10.6 Å². The lowest BCUT2D eigenvalue weighted by Crippen LogP contribution is -2.31. The number of fused-ring (bicyclic) bond motifs is 1. The Balaban J connectivity index is 1.85. The zero-order chi connectivity index (χ0) is 20.8. The molecular weight excluding hydrogens is 370 g/mol. The lowest BCUT2D eigenvalue weighted by molar-refractivity contribution is 0.249. The highest BCUT2D eigenvalue weighted by Gasteiger charge is 2.18. The van der Waals surface area contributed by atoms with Crippen LogP contribution >= 0.6 is 0 Å². The zero-order valence-electron chi connectivity index (χ0n) is 16.5. The number of anilines is 1. The summed E-state index contributed by atoms with van der Waals surface area (Å²) in [5.74, 6) is 0.643. The number of ether oxygens (including phenoxy) is 1. The molecule has 3 aromatic rings. The van der Waals surface area contributed by atoms with Gasteiger partial charge in [-0.25, -0.2) is 9.78 Å². The monoisotopic (exact) mass is 393 g/mol. The predicted octanol–water partition coefficient (Wildman–Crippen LogP) is 3.31. The number of hydrogen-bond acceptors (Lipinski definition) is 6. The highest BCUT2D eigenvalue weighted by molar-refractivity contribution is 6.13. The molecule has 2 aromatic heterocycles. The van der Waals surface area contributed by atoms with Crippen molar-refractivity contribution in [3.8, 4) is 5.88 Å². The summed E-state index contributed by atoms with van der Waals surface area (Å²) in [4.78, 5) is 20.8. The highest BCUT2D eigenvalue weighted by Crippen LogP contribution is 2.28. The van der Waals surface area contributed by atoms with E-state index in [0.29, 0.717) is 34.7 Å². The Morgan fingerprint density at radius 3 is 2.83 bits per heavy atom. The van der Waals surface area contributed by atoms with Crippen molar-refractivity contribution in [1.82, 2.24) is 20.5 Å². The number of nitrogens with zero attached hydrogens (tertiary/aromatic N) is 3. The normalized spacial score (nSPS) is 12.1. The Bertz CT molecular complexity index is 1040. The molecule has 9 heteroatoms. The minimum atomic E-state index is -0.396. The molecule has 0 aliphatic rings. The minimum absolute atomic E-state index is 0.175. The van der Waals surface area contributed by atoms with E-state index in [4.69, 9.17) is 10.1 Å². The Morgan fingerprint density at radius 1 is 1.38 bits per heavy atom. The average molecular weight is 393 g/mol. The summed E-state index contributed by atoms with van der Waals surface area (Å²) in [6.07, 6.45) is 1.92. The fourth-order valence-corrected chi connectivity index (χ4v) is 2.90. The molecule has 1 unspecified atom stereocenters. The number of rotatable bonds is 7. The van der Waals surface area contributed by atoms with Crippen LogP contribution in [0.1, 0.15) is 30.6 Å². The third-order valence-electron chi connectivity index (χ3n) is 4.36. The summed E-state index contributed by atoms with van der Waals surface area (Å²) < 4.78 is 5.27. The Hall–Kier alpha value is -3.75. The van der Waals surface area contributed by atoms with Crippen molar-refractivity contribution >= 4 is 34.7 Å². The largest absolute Gasteiger partial charge is 0.479 e. The van der Waals surface area contributed by atoms with E-state index in [1.165, 1.54) is 7.11 Å². The summed E-state index contributed by atoms with van der Waals surface area (Å²) >= 11 is 0. The number of aliphatic imine (C=N–C) groups is 1.